The maximum atomic E-state index is 5.99. The molecule has 30 heavy (non-hydrogen) atoms. The zero-order valence-electron chi connectivity index (χ0n) is 18.8. The second kappa shape index (κ2) is 11.5. The number of ether oxygens (including phenoxy) is 1. The fraction of sp³-hybridized carbons (Fsp3) is 0.591. The second-order valence-corrected chi connectivity index (χ2v) is 8.08. The summed E-state index contributed by atoms with van der Waals surface area (Å²) in [6.07, 6.45) is 4.98. The second-order valence-electron chi connectivity index (χ2n) is 8.08. The summed E-state index contributed by atoms with van der Waals surface area (Å²) < 4.78 is 7.98. The molecule has 1 fully saturated rings. The lowest BCUT2D eigenvalue weighted by atomic mass is 10.1. The average molecular weight is 526 g/mol. The van der Waals surface area contributed by atoms with Crippen molar-refractivity contribution in [2.45, 2.75) is 59.0 Å². The normalized spacial score (nSPS) is 14.5. The minimum Gasteiger partial charge on any atom is -0.492 e. The van der Waals surface area contributed by atoms with Gasteiger partial charge >= 0.3 is 0 Å². The van der Waals surface area contributed by atoms with Gasteiger partial charge in [0.1, 0.15) is 24.7 Å². The van der Waals surface area contributed by atoms with Crippen LogP contribution in [0.1, 0.15) is 48.5 Å². The third-order valence-electron chi connectivity index (χ3n) is 5.49. The van der Waals surface area contributed by atoms with Crippen LogP contribution in [0, 0.1) is 20.8 Å². The summed E-state index contributed by atoms with van der Waals surface area (Å²) in [5.41, 5.74) is 2.44. The van der Waals surface area contributed by atoms with Crippen molar-refractivity contribution in [3.63, 3.8) is 0 Å². The Hall–Kier alpha value is -1.84. The molecule has 7 nitrogen and oxygen atoms in total. The van der Waals surface area contributed by atoms with Crippen LogP contribution in [0.4, 0.5) is 0 Å². The average Bonchev–Trinajstić information content (AvgIpc) is 3.29. The number of benzene rings is 1. The van der Waals surface area contributed by atoms with Crippen LogP contribution in [0.5, 0.6) is 5.75 Å². The quantitative estimate of drug-likeness (QED) is 0.338. The highest BCUT2D eigenvalue weighted by Gasteiger charge is 2.18. The molecule has 2 aromatic rings. The van der Waals surface area contributed by atoms with Gasteiger partial charge in [-0.25, -0.2) is 4.99 Å². The van der Waals surface area contributed by atoms with E-state index in [2.05, 4.69) is 59.5 Å². The molecule has 0 atom stereocenters. The number of aromatic nitrogens is 3. The largest absolute Gasteiger partial charge is 0.492 e. The number of aryl methyl sites for hydroxylation is 3. The van der Waals surface area contributed by atoms with Crippen molar-refractivity contribution in [3.8, 4) is 5.75 Å². The van der Waals surface area contributed by atoms with Crippen LogP contribution in [0.3, 0.4) is 0 Å². The molecule has 0 unspecified atom stereocenters. The van der Waals surface area contributed by atoms with Gasteiger partial charge in [-0.2, -0.15) is 0 Å². The first kappa shape index (κ1) is 24.4. The molecule has 0 aliphatic heterocycles. The number of hydrogen-bond donors (Lipinski definition) is 1. The van der Waals surface area contributed by atoms with Crippen LogP contribution in [-0.2, 0) is 13.6 Å². The molecule has 1 heterocycles. The Morgan fingerprint density at radius 2 is 1.83 bits per heavy atom. The molecule has 0 amide bonds. The summed E-state index contributed by atoms with van der Waals surface area (Å²) in [5, 5.41) is 12.0. The van der Waals surface area contributed by atoms with Crippen LogP contribution in [0.15, 0.2) is 23.2 Å². The van der Waals surface area contributed by atoms with Gasteiger partial charge in [0.25, 0.3) is 0 Å². The zero-order chi connectivity index (χ0) is 20.8. The Morgan fingerprint density at radius 3 is 2.43 bits per heavy atom. The molecule has 166 valence electrons. The molecule has 0 bridgehead atoms. The van der Waals surface area contributed by atoms with Gasteiger partial charge in [0, 0.05) is 20.1 Å². The van der Waals surface area contributed by atoms with E-state index in [-0.39, 0.29) is 24.0 Å². The first-order valence-corrected chi connectivity index (χ1v) is 10.5. The minimum absolute atomic E-state index is 0. The predicted octanol–water partition coefficient (Wildman–Crippen LogP) is 3.76. The molecular formula is C22H35IN6O. The standard InChI is InChI=1S/C22H34N6O.HI/c1-16-12-17(2)14-20(13-16)29-11-10-27(4)22(24-19-8-6-7-9-19)23-15-21-26-25-18(3)28(21)5;/h12-14,19H,6-11,15H2,1-5H3,(H,23,24);1H. The van der Waals surface area contributed by atoms with Crippen molar-refractivity contribution in [3.05, 3.63) is 41.0 Å². The highest BCUT2D eigenvalue weighted by molar-refractivity contribution is 14.0. The van der Waals surface area contributed by atoms with Gasteiger partial charge in [0.2, 0.25) is 0 Å². The smallest absolute Gasteiger partial charge is 0.194 e. The van der Waals surface area contributed by atoms with E-state index in [1.54, 1.807) is 0 Å². The van der Waals surface area contributed by atoms with E-state index < -0.39 is 0 Å². The van der Waals surface area contributed by atoms with E-state index in [9.17, 15) is 0 Å². The molecular weight excluding hydrogens is 491 g/mol. The molecule has 1 aromatic heterocycles. The number of likely N-dealkylation sites (N-methyl/N-ethyl adjacent to an activating group) is 1. The highest BCUT2D eigenvalue weighted by Crippen LogP contribution is 2.18. The van der Waals surface area contributed by atoms with Crippen molar-refractivity contribution < 1.29 is 4.74 Å². The lowest BCUT2D eigenvalue weighted by molar-refractivity contribution is 0.280. The SMILES string of the molecule is Cc1cc(C)cc(OCCN(C)C(=NCc2nnc(C)n2C)NC2CCCC2)c1.I. The fourth-order valence-electron chi connectivity index (χ4n) is 3.69. The molecule has 1 N–H and O–H groups in total. The summed E-state index contributed by atoms with van der Waals surface area (Å²) in [5.74, 6) is 3.60. The Labute approximate surface area is 197 Å². The van der Waals surface area contributed by atoms with Crippen molar-refractivity contribution in [1.29, 1.82) is 0 Å². The van der Waals surface area contributed by atoms with E-state index in [0.717, 1.165) is 29.9 Å². The lowest BCUT2D eigenvalue weighted by Gasteiger charge is -2.25. The van der Waals surface area contributed by atoms with E-state index >= 15 is 0 Å². The Bertz CT molecular complexity index is 824. The number of rotatable bonds is 7. The van der Waals surface area contributed by atoms with E-state index in [1.165, 1.54) is 36.8 Å². The Balaban J connectivity index is 0.00000320. The molecule has 0 spiro atoms. The molecule has 0 saturated heterocycles. The topological polar surface area (TPSA) is 67.6 Å². The van der Waals surface area contributed by atoms with E-state index in [0.29, 0.717) is 19.2 Å². The molecule has 1 aliphatic carbocycles. The van der Waals surface area contributed by atoms with Gasteiger partial charge < -0.3 is 19.5 Å². The molecule has 1 aliphatic rings. The van der Waals surface area contributed by atoms with Crippen molar-refractivity contribution >= 4 is 29.9 Å². The number of hydrogen-bond acceptors (Lipinski definition) is 4. The lowest BCUT2D eigenvalue weighted by Crippen LogP contribution is -2.45. The van der Waals surface area contributed by atoms with Gasteiger partial charge in [-0.05, 0) is 56.9 Å². The molecule has 1 aromatic carbocycles. The van der Waals surface area contributed by atoms with Crippen LogP contribution in [0.25, 0.3) is 0 Å². The number of halogens is 1. The van der Waals surface area contributed by atoms with E-state index in [1.807, 2.05) is 18.5 Å². The summed E-state index contributed by atoms with van der Waals surface area (Å²) in [7, 11) is 4.04. The van der Waals surface area contributed by atoms with Crippen molar-refractivity contribution in [2.75, 3.05) is 20.2 Å². The van der Waals surface area contributed by atoms with Gasteiger partial charge in [0.05, 0.1) is 6.54 Å². The zero-order valence-corrected chi connectivity index (χ0v) is 21.1. The first-order valence-electron chi connectivity index (χ1n) is 10.5. The Kier molecular flexibility index (Phi) is 9.38. The highest BCUT2D eigenvalue weighted by atomic mass is 127. The third-order valence-corrected chi connectivity index (χ3v) is 5.49. The number of nitrogens with zero attached hydrogens (tertiary/aromatic N) is 5. The minimum atomic E-state index is 0. The van der Waals surface area contributed by atoms with Gasteiger partial charge in [-0.3, -0.25) is 0 Å². The molecule has 1 saturated carbocycles. The third kappa shape index (κ3) is 6.85. The van der Waals surface area contributed by atoms with Crippen molar-refractivity contribution in [2.24, 2.45) is 12.0 Å². The van der Waals surface area contributed by atoms with Gasteiger partial charge in [0.15, 0.2) is 11.8 Å². The maximum Gasteiger partial charge on any atom is 0.194 e. The molecule has 0 radical (unpaired) electrons. The van der Waals surface area contributed by atoms with Gasteiger partial charge in [-0.15, -0.1) is 34.2 Å². The van der Waals surface area contributed by atoms with Crippen LogP contribution < -0.4 is 10.1 Å². The summed E-state index contributed by atoms with van der Waals surface area (Å²) >= 11 is 0. The summed E-state index contributed by atoms with van der Waals surface area (Å²) in [4.78, 5) is 6.98. The summed E-state index contributed by atoms with van der Waals surface area (Å²) in [6.45, 7) is 8.01. The number of nitrogens with one attached hydrogen (secondary N) is 1. The Morgan fingerprint density at radius 1 is 1.17 bits per heavy atom. The fourth-order valence-corrected chi connectivity index (χ4v) is 3.69. The number of guanidine groups is 1. The maximum absolute atomic E-state index is 5.99. The van der Waals surface area contributed by atoms with E-state index in [4.69, 9.17) is 9.73 Å². The van der Waals surface area contributed by atoms with Crippen LogP contribution in [-0.4, -0.2) is 51.9 Å². The van der Waals surface area contributed by atoms with Gasteiger partial charge in [-0.1, -0.05) is 18.9 Å². The molecule has 8 heteroatoms. The van der Waals surface area contributed by atoms with Crippen LogP contribution >= 0.6 is 24.0 Å². The number of aliphatic imine (C=N–C) groups is 1. The van der Waals surface area contributed by atoms with Crippen LogP contribution in [0.2, 0.25) is 0 Å². The first-order chi connectivity index (χ1) is 13.9. The van der Waals surface area contributed by atoms with Crippen molar-refractivity contribution in [1.82, 2.24) is 25.0 Å². The predicted molar refractivity (Wildman–Crippen MR) is 132 cm³/mol. The monoisotopic (exact) mass is 526 g/mol. The molecule has 3 rings (SSSR count). The summed E-state index contributed by atoms with van der Waals surface area (Å²) in [6, 6.07) is 6.81.